The van der Waals surface area contributed by atoms with Crippen molar-refractivity contribution in [3.63, 3.8) is 0 Å². The van der Waals surface area contributed by atoms with Crippen LogP contribution in [-0.4, -0.2) is 20.2 Å². The van der Waals surface area contributed by atoms with E-state index < -0.39 is 0 Å². The van der Waals surface area contributed by atoms with Gasteiger partial charge in [-0.05, 0) is 23.8 Å². The highest BCUT2D eigenvalue weighted by Crippen LogP contribution is 2.29. The molecule has 0 saturated carbocycles. The van der Waals surface area contributed by atoms with Crippen LogP contribution < -0.4 is 11.3 Å². The van der Waals surface area contributed by atoms with Crippen LogP contribution in [0.5, 0.6) is 0 Å². The minimum Gasteiger partial charge on any atom is -0.345 e. The fourth-order valence-corrected chi connectivity index (χ4v) is 2.88. The van der Waals surface area contributed by atoms with Gasteiger partial charge in [-0.3, -0.25) is 4.79 Å². The zero-order chi connectivity index (χ0) is 16.0. The van der Waals surface area contributed by atoms with E-state index in [-0.39, 0.29) is 12.1 Å². The highest BCUT2D eigenvalue weighted by atomic mass is 35.5. The van der Waals surface area contributed by atoms with Gasteiger partial charge in [-0.2, -0.15) is 5.10 Å². The van der Waals surface area contributed by atoms with Crippen LogP contribution in [0.25, 0.3) is 32.9 Å². The van der Waals surface area contributed by atoms with Gasteiger partial charge in [0.15, 0.2) is 0 Å². The molecule has 4 rings (SSSR count). The minimum absolute atomic E-state index is 0.231. The number of pyridine rings is 1. The maximum Gasteiger partial charge on any atom is 0.272 e. The molecule has 1 aromatic carbocycles. The Morgan fingerprint density at radius 1 is 1.13 bits per heavy atom. The van der Waals surface area contributed by atoms with Crippen molar-refractivity contribution >= 4 is 33.4 Å². The number of halogens is 1. The van der Waals surface area contributed by atoms with E-state index in [1.54, 1.807) is 18.5 Å². The number of aromatic amines is 2. The number of benzene rings is 1. The van der Waals surface area contributed by atoms with E-state index in [2.05, 4.69) is 20.2 Å². The quantitative estimate of drug-likeness (QED) is 0.527. The molecule has 0 aliphatic heterocycles. The number of nitrogens with one attached hydrogen (secondary N) is 2. The van der Waals surface area contributed by atoms with Crippen molar-refractivity contribution in [2.45, 2.75) is 6.54 Å². The molecule has 0 atom stereocenters. The van der Waals surface area contributed by atoms with Gasteiger partial charge in [-0.1, -0.05) is 17.7 Å². The molecule has 3 heterocycles. The maximum absolute atomic E-state index is 11.9. The van der Waals surface area contributed by atoms with Crippen LogP contribution in [0.15, 0.2) is 41.5 Å². The Balaban J connectivity index is 1.97. The molecule has 0 radical (unpaired) electrons. The Morgan fingerprint density at radius 2 is 1.96 bits per heavy atom. The summed E-state index contributed by atoms with van der Waals surface area (Å²) in [5.74, 6) is 0. The summed E-state index contributed by atoms with van der Waals surface area (Å²) in [4.78, 5) is 19.3. The van der Waals surface area contributed by atoms with Crippen LogP contribution in [0.1, 0.15) is 5.69 Å². The van der Waals surface area contributed by atoms with E-state index in [1.165, 1.54) is 0 Å². The van der Waals surface area contributed by atoms with Crippen LogP contribution in [0, 0.1) is 0 Å². The molecule has 114 valence electrons. The number of nitrogens with two attached hydrogens (primary N) is 1. The molecule has 4 aromatic rings. The first kappa shape index (κ1) is 13.9. The van der Waals surface area contributed by atoms with E-state index in [0.717, 1.165) is 27.5 Å². The van der Waals surface area contributed by atoms with E-state index in [0.29, 0.717) is 16.1 Å². The van der Waals surface area contributed by atoms with E-state index in [9.17, 15) is 4.79 Å². The number of hydrogen-bond donors (Lipinski definition) is 3. The molecular formula is C16H12ClN5O. The van der Waals surface area contributed by atoms with Crippen LogP contribution >= 0.6 is 11.6 Å². The lowest BCUT2D eigenvalue weighted by Gasteiger charge is -2.06. The molecule has 0 saturated heterocycles. The average Bonchev–Trinajstić information content (AvgIpc) is 2.96. The Morgan fingerprint density at radius 3 is 2.78 bits per heavy atom. The predicted octanol–water partition coefficient (Wildman–Crippen LogP) is 2.58. The van der Waals surface area contributed by atoms with Crippen molar-refractivity contribution in [3.05, 3.63) is 57.7 Å². The van der Waals surface area contributed by atoms with Gasteiger partial charge in [0.2, 0.25) is 0 Å². The van der Waals surface area contributed by atoms with E-state index in [4.69, 9.17) is 17.3 Å². The summed E-state index contributed by atoms with van der Waals surface area (Å²) < 4.78 is 0. The minimum atomic E-state index is -0.231. The lowest BCUT2D eigenvalue weighted by atomic mass is 10.0. The summed E-state index contributed by atoms with van der Waals surface area (Å²) in [5.41, 5.74) is 8.70. The van der Waals surface area contributed by atoms with Gasteiger partial charge in [0.25, 0.3) is 5.56 Å². The smallest absolute Gasteiger partial charge is 0.272 e. The van der Waals surface area contributed by atoms with Gasteiger partial charge >= 0.3 is 0 Å². The van der Waals surface area contributed by atoms with Crippen molar-refractivity contribution < 1.29 is 0 Å². The third kappa shape index (κ3) is 2.19. The molecule has 0 unspecified atom stereocenters. The second kappa shape index (κ2) is 5.19. The van der Waals surface area contributed by atoms with Crippen molar-refractivity contribution in [2.24, 2.45) is 5.73 Å². The standard InChI is InChI=1S/C16H12ClN5O/c17-13-7-20-15-12(13)4-9(6-19-15)8-1-2-10-11(3-8)14(5-18)21-22-16(10)23/h1-4,6-7H,5,18H2,(H,19,20)(H,22,23). The molecule has 3 aromatic heterocycles. The highest BCUT2D eigenvalue weighted by Gasteiger charge is 2.09. The lowest BCUT2D eigenvalue weighted by Crippen LogP contribution is -2.13. The topological polar surface area (TPSA) is 100 Å². The van der Waals surface area contributed by atoms with Gasteiger partial charge < -0.3 is 10.7 Å². The van der Waals surface area contributed by atoms with Gasteiger partial charge in [0.05, 0.1) is 16.1 Å². The van der Waals surface area contributed by atoms with E-state index >= 15 is 0 Å². The summed E-state index contributed by atoms with van der Waals surface area (Å²) in [6.07, 6.45) is 3.47. The van der Waals surface area contributed by atoms with E-state index in [1.807, 2.05) is 18.2 Å². The SMILES string of the molecule is NCc1n[nH]c(=O)c2ccc(-c3cnc4[nH]cc(Cl)c4c3)cc12. The van der Waals surface area contributed by atoms with Gasteiger partial charge in [-0.25, -0.2) is 10.1 Å². The average molecular weight is 326 g/mol. The number of fused-ring (bicyclic) bond motifs is 2. The molecular weight excluding hydrogens is 314 g/mol. The molecule has 0 aliphatic rings. The molecule has 23 heavy (non-hydrogen) atoms. The molecule has 7 heteroatoms. The highest BCUT2D eigenvalue weighted by molar-refractivity contribution is 6.35. The lowest BCUT2D eigenvalue weighted by molar-refractivity contribution is 0.900. The second-order valence-electron chi connectivity index (χ2n) is 5.22. The molecule has 0 spiro atoms. The zero-order valence-electron chi connectivity index (χ0n) is 11.9. The Hall–Kier alpha value is -2.70. The van der Waals surface area contributed by atoms with Crippen LogP contribution in [0.2, 0.25) is 5.02 Å². The Kier molecular flexibility index (Phi) is 3.14. The normalized spacial score (nSPS) is 11.4. The maximum atomic E-state index is 11.9. The number of aromatic nitrogens is 4. The molecule has 0 bridgehead atoms. The number of rotatable bonds is 2. The first-order chi connectivity index (χ1) is 11.2. The largest absolute Gasteiger partial charge is 0.345 e. The number of nitrogens with zero attached hydrogens (tertiary/aromatic N) is 2. The monoisotopic (exact) mass is 325 g/mol. The predicted molar refractivity (Wildman–Crippen MR) is 90.4 cm³/mol. The fraction of sp³-hybridized carbons (Fsp3) is 0.0625. The number of H-pyrrole nitrogens is 2. The van der Waals surface area contributed by atoms with Crippen LogP contribution in [-0.2, 0) is 6.54 Å². The van der Waals surface area contributed by atoms with Crippen molar-refractivity contribution in [1.82, 2.24) is 20.2 Å². The summed E-state index contributed by atoms with van der Waals surface area (Å²) >= 11 is 6.15. The van der Waals surface area contributed by atoms with Crippen molar-refractivity contribution in [1.29, 1.82) is 0 Å². The summed E-state index contributed by atoms with van der Waals surface area (Å²) in [6, 6.07) is 7.52. The Labute approximate surface area is 135 Å². The third-order valence-electron chi connectivity index (χ3n) is 3.87. The zero-order valence-corrected chi connectivity index (χ0v) is 12.7. The van der Waals surface area contributed by atoms with Gasteiger partial charge in [0, 0.05) is 35.3 Å². The molecule has 0 aliphatic carbocycles. The number of hydrogen-bond acceptors (Lipinski definition) is 4. The second-order valence-corrected chi connectivity index (χ2v) is 5.63. The summed E-state index contributed by atoms with van der Waals surface area (Å²) in [6.45, 7) is 0.248. The fourth-order valence-electron chi connectivity index (χ4n) is 2.68. The van der Waals surface area contributed by atoms with Crippen molar-refractivity contribution in [3.8, 4) is 11.1 Å². The van der Waals surface area contributed by atoms with Crippen molar-refractivity contribution in [2.75, 3.05) is 0 Å². The molecule has 0 amide bonds. The molecule has 4 N–H and O–H groups in total. The molecule has 6 nitrogen and oxygen atoms in total. The van der Waals surface area contributed by atoms with Crippen LogP contribution in [0.4, 0.5) is 0 Å². The first-order valence-electron chi connectivity index (χ1n) is 7.02. The van der Waals surface area contributed by atoms with Gasteiger partial charge in [0.1, 0.15) is 5.65 Å². The Bertz CT molecular complexity index is 1100. The summed E-state index contributed by atoms with van der Waals surface area (Å²) in [5, 5.41) is 9.26. The molecule has 0 fully saturated rings. The van der Waals surface area contributed by atoms with Crippen LogP contribution in [0.3, 0.4) is 0 Å². The first-order valence-corrected chi connectivity index (χ1v) is 7.39. The summed E-state index contributed by atoms with van der Waals surface area (Å²) in [7, 11) is 0. The van der Waals surface area contributed by atoms with Gasteiger partial charge in [-0.15, -0.1) is 0 Å². The third-order valence-corrected chi connectivity index (χ3v) is 4.19.